The first kappa shape index (κ1) is 20.9. The lowest BCUT2D eigenvalue weighted by Crippen LogP contribution is -2.50. The Kier molecular flexibility index (Phi) is 5.84. The number of rotatable bonds is 4. The van der Waals surface area contributed by atoms with Crippen LogP contribution in [0.15, 0.2) is 59.6 Å². The second-order valence-electron chi connectivity index (χ2n) is 6.74. The van der Waals surface area contributed by atoms with Gasteiger partial charge in [-0.3, -0.25) is 9.20 Å². The molecule has 10 heteroatoms. The Balaban J connectivity index is 1.43. The van der Waals surface area contributed by atoms with E-state index in [1.165, 1.54) is 22.5 Å². The average molecular weight is 465 g/mol. The summed E-state index contributed by atoms with van der Waals surface area (Å²) in [7, 11) is -3.65. The molecule has 1 amide bonds. The van der Waals surface area contributed by atoms with Crippen LogP contribution in [-0.2, 0) is 14.8 Å². The highest BCUT2D eigenvalue weighted by Gasteiger charge is 2.29. The third kappa shape index (κ3) is 4.09. The number of pyridine rings is 1. The zero-order valence-corrected chi connectivity index (χ0v) is 18.1. The van der Waals surface area contributed by atoms with E-state index in [1.54, 1.807) is 27.5 Å². The van der Waals surface area contributed by atoms with E-state index in [1.807, 2.05) is 24.4 Å². The molecular weight excluding hydrogens is 447 g/mol. The number of carbonyl (C=O) groups excluding carboxylic acids is 1. The molecular formula is C20H18Cl2N4O3S. The maximum atomic E-state index is 12.8. The van der Waals surface area contributed by atoms with Crippen LogP contribution in [0.3, 0.4) is 0 Å². The minimum absolute atomic E-state index is 0.150. The van der Waals surface area contributed by atoms with E-state index in [2.05, 4.69) is 4.98 Å². The van der Waals surface area contributed by atoms with Gasteiger partial charge in [0.2, 0.25) is 15.9 Å². The summed E-state index contributed by atoms with van der Waals surface area (Å²) in [6.45, 7) is 1.02. The number of amides is 1. The van der Waals surface area contributed by atoms with Crippen LogP contribution in [0.1, 0.15) is 5.69 Å². The SMILES string of the molecule is O=C(/C=C/c1c(Cl)nc2ccccn12)N1CCN(S(=O)(=O)c2cccc(Cl)c2)CC1. The van der Waals surface area contributed by atoms with E-state index in [9.17, 15) is 13.2 Å². The minimum Gasteiger partial charge on any atom is -0.337 e. The smallest absolute Gasteiger partial charge is 0.246 e. The van der Waals surface area contributed by atoms with Gasteiger partial charge in [0, 0.05) is 43.5 Å². The number of benzene rings is 1. The highest BCUT2D eigenvalue weighted by atomic mass is 35.5. The van der Waals surface area contributed by atoms with Crippen molar-refractivity contribution in [2.24, 2.45) is 0 Å². The van der Waals surface area contributed by atoms with Gasteiger partial charge in [-0.15, -0.1) is 0 Å². The van der Waals surface area contributed by atoms with E-state index in [0.717, 1.165) is 0 Å². The fourth-order valence-electron chi connectivity index (χ4n) is 3.32. The summed E-state index contributed by atoms with van der Waals surface area (Å²) in [4.78, 5) is 18.6. The van der Waals surface area contributed by atoms with Crippen LogP contribution >= 0.6 is 23.2 Å². The second kappa shape index (κ2) is 8.39. The molecule has 3 aromatic rings. The van der Waals surface area contributed by atoms with E-state index in [-0.39, 0.29) is 23.9 Å². The lowest BCUT2D eigenvalue weighted by Gasteiger charge is -2.33. The molecule has 0 N–H and O–H groups in total. The minimum atomic E-state index is -3.65. The number of carbonyl (C=O) groups is 1. The van der Waals surface area contributed by atoms with Crippen molar-refractivity contribution < 1.29 is 13.2 Å². The van der Waals surface area contributed by atoms with Crippen molar-refractivity contribution in [2.75, 3.05) is 26.2 Å². The standard InChI is InChI=1S/C20H18Cl2N4O3S/c21-15-4-3-5-16(14-15)30(28,29)25-12-10-24(11-13-25)19(27)8-7-17-20(22)23-18-6-1-2-9-26(17)18/h1-9,14H,10-13H2/b8-7+. The predicted octanol–water partition coefficient (Wildman–Crippen LogP) is 3.19. The first-order valence-corrected chi connectivity index (χ1v) is 11.4. The number of sulfonamides is 1. The van der Waals surface area contributed by atoms with E-state index in [0.29, 0.717) is 34.6 Å². The maximum absolute atomic E-state index is 12.8. The molecule has 1 saturated heterocycles. The molecule has 0 atom stereocenters. The van der Waals surface area contributed by atoms with Gasteiger partial charge in [0.15, 0.2) is 5.15 Å². The number of piperazine rings is 1. The molecule has 1 aliphatic heterocycles. The number of hydrogen-bond donors (Lipinski definition) is 0. The van der Waals surface area contributed by atoms with Crippen molar-refractivity contribution >= 4 is 50.9 Å². The largest absolute Gasteiger partial charge is 0.337 e. The van der Waals surface area contributed by atoms with Gasteiger partial charge >= 0.3 is 0 Å². The van der Waals surface area contributed by atoms with E-state index < -0.39 is 10.0 Å². The van der Waals surface area contributed by atoms with Crippen molar-refractivity contribution in [3.63, 3.8) is 0 Å². The summed E-state index contributed by atoms with van der Waals surface area (Å²) < 4.78 is 28.7. The van der Waals surface area contributed by atoms with Crippen molar-refractivity contribution in [3.8, 4) is 0 Å². The molecule has 0 saturated carbocycles. The van der Waals surface area contributed by atoms with Crippen molar-refractivity contribution in [1.29, 1.82) is 0 Å². The third-order valence-electron chi connectivity index (χ3n) is 4.89. The summed E-state index contributed by atoms with van der Waals surface area (Å²) in [5.41, 5.74) is 1.30. The fourth-order valence-corrected chi connectivity index (χ4v) is 5.28. The van der Waals surface area contributed by atoms with Gasteiger partial charge in [-0.1, -0.05) is 35.3 Å². The molecule has 1 aromatic carbocycles. The van der Waals surface area contributed by atoms with Crippen molar-refractivity contribution in [1.82, 2.24) is 18.6 Å². The summed E-state index contributed by atoms with van der Waals surface area (Å²) in [5, 5.41) is 0.670. The average Bonchev–Trinajstić information content (AvgIpc) is 3.07. The van der Waals surface area contributed by atoms with E-state index >= 15 is 0 Å². The number of nitrogens with zero attached hydrogens (tertiary/aromatic N) is 4. The number of imidazole rings is 1. The van der Waals surface area contributed by atoms with Crippen LogP contribution in [0, 0.1) is 0 Å². The van der Waals surface area contributed by atoms with Gasteiger partial charge < -0.3 is 4.90 Å². The van der Waals surface area contributed by atoms with Crippen LogP contribution < -0.4 is 0 Å². The molecule has 1 aliphatic rings. The molecule has 0 unspecified atom stereocenters. The molecule has 2 aromatic heterocycles. The molecule has 156 valence electrons. The molecule has 0 radical (unpaired) electrons. The number of halogens is 2. The maximum Gasteiger partial charge on any atom is 0.246 e. The lowest BCUT2D eigenvalue weighted by molar-refractivity contribution is -0.127. The highest BCUT2D eigenvalue weighted by molar-refractivity contribution is 7.89. The van der Waals surface area contributed by atoms with Crippen LogP contribution in [-0.4, -0.2) is 59.1 Å². The zero-order valence-electron chi connectivity index (χ0n) is 15.8. The normalized spacial score (nSPS) is 15.9. The second-order valence-corrected chi connectivity index (χ2v) is 9.47. The summed E-state index contributed by atoms with van der Waals surface area (Å²) in [6, 6.07) is 11.7. The van der Waals surface area contributed by atoms with Gasteiger partial charge in [0.05, 0.1) is 10.6 Å². The van der Waals surface area contributed by atoms with Crippen LogP contribution in [0.5, 0.6) is 0 Å². The van der Waals surface area contributed by atoms with Gasteiger partial charge in [-0.05, 0) is 36.4 Å². The summed E-state index contributed by atoms with van der Waals surface area (Å²) >= 11 is 12.1. The molecule has 30 heavy (non-hydrogen) atoms. The van der Waals surface area contributed by atoms with Crippen molar-refractivity contribution in [3.05, 3.63) is 70.6 Å². The summed E-state index contributed by atoms with van der Waals surface area (Å²) in [6.07, 6.45) is 4.88. The predicted molar refractivity (Wildman–Crippen MR) is 116 cm³/mol. The summed E-state index contributed by atoms with van der Waals surface area (Å²) in [5.74, 6) is -0.211. The number of hydrogen-bond acceptors (Lipinski definition) is 4. The highest BCUT2D eigenvalue weighted by Crippen LogP contribution is 2.22. The van der Waals surface area contributed by atoms with Crippen LogP contribution in [0.25, 0.3) is 11.7 Å². The Bertz CT molecular complexity index is 1230. The molecule has 3 heterocycles. The molecule has 0 spiro atoms. The van der Waals surface area contributed by atoms with Crippen LogP contribution in [0.4, 0.5) is 0 Å². The lowest BCUT2D eigenvalue weighted by atomic mass is 10.3. The van der Waals surface area contributed by atoms with Gasteiger partial charge in [0.25, 0.3) is 0 Å². The monoisotopic (exact) mass is 464 g/mol. The Labute approximate surface area is 184 Å². The first-order valence-electron chi connectivity index (χ1n) is 9.21. The van der Waals surface area contributed by atoms with Crippen molar-refractivity contribution in [2.45, 2.75) is 4.90 Å². The topological polar surface area (TPSA) is 75.0 Å². The Morgan fingerprint density at radius 1 is 1.03 bits per heavy atom. The zero-order chi connectivity index (χ0) is 21.3. The van der Waals surface area contributed by atoms with Crippen LogP contribution in [0.2, 0.25) is 10.2 Å². The van der Waals surface area contributed by atoms with Gasteiger partial charge in [-0.2, -0.15) is 4.31 Å². The molecule has 0 aliphatic carbocycles. The third-order valence-corrected chi connectivity index (χ3v) is 7.30. The molecule has 1 fully saturated rings. The quantitative estimate of drug-likeness (QED) is 0.555. The fraction of sp³-hybridized carbons (Fsp3) is 0.200. The molecule has 0 bridgehead atoms. The number of fused-ring (bicyclic) bond motifs is 1. The van der Waals surface area contributed by atoms with Gasteiger partial charge in [0.1, 0.15) is 5.65 Å². The van der Waals surface area contributed by atoms with Gasteiger partial charge in [-0.25, -0.2) is 13.4 Å². The first-order chi connectivity index (χ1) is 14.4. The molecule has 7 nitrogen and oxygen atoms in total. The Hall–Kier alpha value is -2.39. The van der Waals surface area contributed by atoms with E-state index in [4.69, 9.17) is 23.2 Å². The molecule has 4 rings (SSSR count). The Morgan fingerprint density at radius 3 is 2.53 bits per heavy atom. The number of aromatic nitrogens is 2. The Morgan fingerprint density at radius 2 is 1.80 bits per heavy atom.